The summed E-state index contributed by atoms with van der Waals surface area (Å²) in [4.78, 5) is 16.8. The predicted octanol–water partition coefficient (Wildman–Crippen LogP) is 1.73. The molecule has 0 spiro atoms. The minimum atomic E-state index is -0.0455. The van der Waals surface area contributed by atoms with Crippen LogP contribution >= 0.6 is 0 Å². The Hall–Kier alpha value is -2.61. The number of nitrogens with two attached hydrogens (primary N) is 1. The summed E-state index contributed by atoms with van der Waals surface area (Å²) in [5, 5.41) is 0. The Labute approximate surface area is 148 Å². The van der Waals surface area contributed by atoms with Crippen LogP contribution in [-0.2, 0) is 6.54 Å². The van der Waals surface area contributed by atoms with E-state index < -0.39 is 0 Å². The lowest BCUT2D eigenvalue weighted by Crippen LogP contribution is -2.25. The van der Waals surface area contributed by atoms with Crippen molar-refractivity contribution in [2.75, 3.05) is 46.0 Å². The standard InChI is InChI=1S/C17H26N6O2/c1-11(15-19-16(18)21-17(20-15)22(2)3)23(4)10-12-7-8-13(24-5)9-14(12)25-6/h7-9,11H,10H2,1-6H3,(H2,18,19,20,21)/t11-/m1/s1. The van der Waals surface area contributed by atoms with E-state index in [-0.39, 0.29) is 12.0 Å². The van der Waals surface area contributed by atoms with E-state index in [2.05, 4.69) is 19.9 Å². The van der Waals surface area contributed by atoms with E-state index >= 15 is 0 Å². The molecular formula is C17H26N6O2. The molecule has 1 aromatic carbocycles. The largest absolute Gasteiger partial charge is 0.497 e. The lowest BCUT2D eigenvalue weighted by Gasteiger charge is -2.25. The van der Waals surface area contributed by atoms with Crippen molar-refractivity contribution >= 4 is 11.9 Å². The minimum Gasteiger partial charge on any atom is -0.497 e. The molecule has 8 nitrogen and oxygen atoms in total. The zero-order valence-electron chi connectivity index (χ0n) is 15.6. The van der Waals surface area contributed by atoms with Crippen LogP contribution in [0.1, 0.15) is 24.4 Å². The van der Waals surface area contributed by atoms with Crippen LogP contribution in [0.4, 0.5) is 11.9 Å². The van der Waals surface area contributed by atoms with E-state index in [9.17, 15) is 0 Å². The zero-order chi connectivity index (χ0) is 18.6. The van der Waals surface area contributed by atoms with Crippen molar-refractivity contribution in [1.29, 1.82) is 0 Å². The summed E-state index contributed by atoms with van der Waals surface area (Å²) in [6, 6.07) is 5.74. The molecule has 0 radical (unpaired) electrons. The fourth-order valence-electron chi connectivity index (χ4n) is 2.37. The van der Waals surface area contributed by atoms with Gasteiger partial charge in [-0.15, -0.1) is 0 Å². The lowest BCUT2D eigenvalue weighted by atomic mass is 10.1. The summed E-state index contributed by atoms with van der Waals surface area (Å²) < 4.78 is 10.7. The summed E-state index contributed by atoms with van der Waals surface area (Å²) in [5.74, 6) is 2.94. The van der Waals surface area contributed by atoms with E-state index in [1.54, 1.807) is 19.1 Å². The van der Waals surface area contributed by atoms with Crippen LogP contribution in [0.2, 0.25) is 0 Å². The van der Waals surface area contributed by atoms with Crippen LogP contribution in [0, 0.1) is 0 Å². The number of rotatable bonds is 7. The Balaban J connectivity index is 2.22. The highest BCUT2D eigenvalue weighted by atomic mass is 16.5. The highest BCUT2D eigenvalue weighted by Crippen LogP contribution is 2.27. The molecule has 1 heterocycles. The van der Waals surface area contributed by atoms with Gasteiger partial charge >= 0.3 is 0 Å². The Morgan fingerprint density at radius 2 is 1.80 bits per heavy atom. The van der Waals surface area contributed by atoms with Crippen molar-refractivity contribution in [3.05, 3.63) is 29.6 Å². The molecule has 0 aliphatic rings. The first-order valence-electron chi connectivity index (χ1n) is 7.95. The fourth-order valence-corrected chi connectivity index (χ4v) is 2.37. The van der Waals surface area contributed by atoms with Gasteiger partial charge in [0, 0.05) is 32.3 Å². The number of nitrogens with zero attached hydrogens (tertiary/aromatic N) is 5. The number of aromatic nitrogens is 3. The van der Waals surface area contributed by atoms with Gasteiger partial charge in [0.1, 0.15) is 11.5 Å². The van der Waals surface area contributed by atoms with E-state index in [0.29, 0.717) is 18.3 Å². The summed E-state index contributed by atoms with van der Waals surface area (Å²) in [6.45, 7) is 2.70. The number of benzene rings is 1. The summed E-state index contributed by atoms with van der Waals surface area (Å²) >= 11 is 0. The van der Waals surface area contributed by atoms with Crippen LogP contribution in [0.3, 0.4) is 0 Å². The van der Waals surface area contributed by atoms with Gasteiger partial charge in [-0.05, 0) is 20.0 Å². The highest BCUT2D eigenvalue weighted by Gasteiger charge is 2.19. The van der Waals surface area contributed by atoms with Crippen LogP contribution in [0.5, 0.6) is 11.5 Å². The van der Waals surface area contributed by atoms with Gasteiger partial charge in [-0.3, -0.25) is 4.90 Å². The second-order valence-electron chi connectivity index (χ2n) is 6.02. The summed E-state index contributed by atoms with van der Waals surface area (Å²) in [5.41, 5.74) is 6.87. The normalized spacial score (nSPS) is 12.1. The van der Waals surface area contributed by atoms with Gasteiger partial charge in [-0.25, -0.2) is 0 Å². The van der Waals surface area contributed by atoms with Gasteiger partial charge in [0.05, 0.1) is 20.3 Å². The van der Waals surface area contributed by atoms with E-state index in [4.69, 9.17) is 15.2 Å². The van der Waals surface area contributed by atoms with Gasteiger partial charge in [0.2, 0.25) is 11.9 Å². The van der Waals surface area contributed by atoms with Crippen molar-refractivity contribution in [2.45, 2.75) is 19.5 Å². The molecule has 8 heteroatoms. The molecule has 2 aromatic rings. The second kappa shape index (κ2) is 7.98. The van der Waals surface area contributed by atoms with Crippen LogP contribution in [-0.4, -0.2) is 55.2 Å². The minimum absolute atomic E-state index is 0.0455. The third-order valence-corrected chi connectivity index (χ3v) is 4.01. The smallest absolute Gasteiger partial charge is 0.229 e. The molecule has 0 amide bonds. The Kier molecular flexibility index (Phi) is 5.97. The van der Waals surface area contributed by atoms with Crippen molar-refractivity contribution < 1.29 is 9.47 Å². The van der Waals surface area contributed by atoms with E-state index in [1.165, 1.54) is 0 Å². The maximum atomic E-state index is 5.82. The topological polar surface area (TPSA) is 89.6 Å². The monoisotopic (exact) mass is 346 g/mol. The van der Waals surface area contributed by atoms with Crippen LogP contribution < -0.4 is 20.1 Å². The molecule has 2 rings (SSSR count). The first-order chi connectivity index (χ1) is 11.8. The van der Waals surface area contributed by atoms with Gasteiger partial charge < -0.3 is 20.1 Å². The molecule has 0 saturated heterocycles. The molecule has 0 unspecified atom stereocenters. The molecule has 1 atom stereocenters. The van der Waals surface area contributed by atoms with Crippen molar-refractivity contribution in [3.63, 3.8) is 0 Å². The Morgan fingerprint density at radius 1 is 1.08 bits per heavy atom. The van der Waals surface area contributed by atoms with Crippen molar-refractivity contribution in [3.8, 4) is 11.5 Å². The third-order valence-electron chi connectivity index (χ3n) is 4.01. The maximum absolute atomic E-state index is 5.82. The van der Waals surface area contributed by atoms with Gasteiger partial charge in [-0.1, -0.05) is 6.07 Å². The van der Waals surface area contributed by atoms with E-state index in [0.717, 1.165) is 17.1 Å². The summed E-state index contributed by atoms with van der Waals surface area (Å²) in [7, 11) is 9.03. The first kappa shape index (κ1) is 18.7. The molecule has 0 fully saturated rings. The molecule has 136 valence electrons. The molecule has 0 aliphatic carbocycles. The van der Waals surface area contributed by atoms with Gasteiger partial charge in [0.25, 0.3) is 0 Å². The molecule has 0 bridgehead atoms. The number of anilines is 2. The van der Waals surface area contributed by atoms with Crippen LogP contribution in [0.15, 0.2) is 18.2 Å². The average Bonchev–Trinajstić information content (AvgIpc) is 2.60. The number of nitrogen functional groups attached to an aromatic ring is 1. The van der Waals surface area contributed by atoms with E-state index in [1.807, 2.05) is 46.3 Å². The van der Waals surface area contributed by atoms with Crippen molar-refractivity contribution in [2.24, 2.45) is 0 Å². The number of ether oxygens (including phenoxy) is 2. The molecule has 0 aliphatic heterocycles. The molecular weight excluding hydrogens is 320 g/mol. The first-order valence-corrected chi connectivity index (χ1v) is 7.95. The summed E-state index contributed by atoms with van der Waals surface area (Å²) in [6.07, 6.45) is 0. The van der Waals surface area contributed by atoms with Gasteiger partial charge in [-0.2, -0.15) is 15.0 Å². The Bertz CT molecular complexity index is 722. The van der Waals surface area contributed by atoms with Gasteiger partial charge in [0.15, 0.2) is 5.82 Å². The average molecular weight is 346 g/mol. The molecule has 0 saturated carbocycles. The fraction of sp³-hybridized carbons (Fsp3) is 0.471. The predicted molar refractivity (Wildman–Crippen MR) is 98.0 cm³/mol. The number of methoxy groups -OCH3 is 2. The van der Waals surface area contributed by atoms with Crippen molar-refractivity contribution in [1.82, 2.24) is 19.9 Å². The SMILES string of the molecule is COc1ccc(CN(C)[C@H](C)c2nc(N)nc(N(C)C)n2)c(OC)c1. The van der Waals surface area contributed by atoms with Crippen LogP contribution in [0.25, 0.3) is 0 Å². The zero-order valence-corrected chi connectivity index (χ0v) is 15.6. The maximum Gasteiger partial charge on any atom is 0.229 e. The second-order valence-corrected chi connectivity index (χ2v) is 6.02. The third kappa shape index (κ3) is 4.48. The molecule has 2 N–H and O–H groups in total. The number of hydrogen-bond acceptors (Lipinski definition) is 8. The lowest BCUT2D eigenvalue weighted by molar-refractivity contribution is 0.240. The molecule has 1 aromatic heterocycles. The number of hydrogen-bond donors (Lipinski definition) is 1. The molecule has 25 heavy (non-hydrogen) atoms. The highest BCUT2D eigenvalue weighted by molar-refractivity contribution is 5.40. The quantitative estimate of drug-likeness (QED) is 0.811. The Morgan fingerprint density at radius 3 is 2.40 bits per heavy atom.